The molecule has 1 aromatic heterocycles. The number of carbonyl (C=O) groups excluding carboxylic acids is 1. The quantitative estimate of drug-likeness (QED) is 0.0371. The van der Waals surface area contributed by atoms with E-state index in [9.17, 15) is 4.79 Å². The van der Waals surface area contributed by atoms with Crippen LogP contribution in [0.1, 0.15) is 51.4 Å². The summed E-state index contributed by atoms with van der Waals surface area (Å²) in [6.07, 6.45) is 9.98. The standard InChI is InChI=1S/C32H37O2PS3/c1-35(28-15-9-7-10-16-28,29-17-11-8-12-18-29)24-14-6-4-2-3-5-13-19-31(33)34-27-22-20-26(21-23-27)30-25-32(36)38-37-30/h7-12,15-18,20-23,25,35H,2-6,13-14,19,24H2,1H3. The molecular weight excluding hydrogens is 544 g/mol. The van der Waals surface area contributed by atoms with Crippen LogP contribution in [-0.4, -0.2) is 18.8 Å². The molecule has 0 saturated heterocycles. The third-order valence-corrected chi connectivity index (χ3v) is 14.7. The SMILES string of the molecule is C[PH](CCCCCCCCCC(=O)Oc1ccc(-c2cc(=S)ss2)cc1)(c1ccccc1)c1ccccc1. The van der Waals surface area contributed by atoms with E-state index in [1.54, 1.807) is 20.7 Å². The van der Waals surface area contributed by atoms with Crippen molar-refractivity contribution in [3.63, 3.8) is 0 Å². The molecule has 4 aromatic rings. The molecule has 0 aliphatic carbocycles. The van der Waals surface area contributed by atoms with E-state index in [0.29, 0.717) is 12.2 Å². The molecule has 6 heteroatoms. The van der Waals surface area contributed by atoms with Gasteiger partial charge >= 0.3 is 164 Å². The Morgan fingerprint density at radius 1 is 0.737 bits per heavy atom. The molecule has 0 N–H and O–H groups in total. The first-order chi connectivity index (χ1) is 18.5. The van der Waals surface area contributed by atoms with E-state index in [1.807, 2.05) is 30.3 Å². The van der Waals surface area contributed by atoms with Crippen LogP contribution < -0.4 is 15.3 Å². The normalized spacial score (nSPS) is 11.8. The Hall–Kier alpha value is -2.17. The Morgan fingerprint density at radius 3 is 1.84 bits per heavy atom. The monoisotopic (exact) mass is 580 g/mol. The molecular formula is C32H37O2PS3. The molecule has 0 saturated carbocycles. The first kappa shape index (κ1) is 28.8. The van der Waals surface area contributed by atoms with Crippen LogP contribution in [0, 0.1) is 3.82 Å². The summed E-state index contributed by atoms with van der Waals surface area (Å²) in [4.78, 5) is 13.4. The minimum atomic E-state index is -1.70. The zero-order valence-electron chi connectivity index (χ0n) is 22.1. The van der Waals surface area contributed by atoms with Crippen LogP contribution >= 0.6 is 40.2 Å². The number of hydrogen-bond acceptors (Lipinski definition) is 5. The fourth-order valence-corrected chi connectivity index (χ4v) is 11.1. The Bertz CT molecular complexity index is 1270. The summed E-state index contributed by atoms with van der Waals surface area (Å²) in [5.74, 6) is 0.467. The average molecular weight is 581 g/mol. The van der Waals surface area contributed by atoms with Crippen molar-refractivity contribution < 1.29 is 9.53 Å². The molecule has 0 spiro atoms. The molecule has 38 heavy (non-hydrogen) atoms. The number of rotatable bonds is 14. The van der Waals surface area contributed by atoms with Gasteiger partial charge in [-0.1, -0.05) is 32.9 Å². The van der Waals surface area contributed by atoms with Crippen LogP contribution in [-0.2, 0) is 4.79 Å². The molecule has 2 nitrogen and oxygen atoms in total. The van der Waals surface area contributed by atoms with Gasteiger partial charge in [-0.05, 0) is 35.9 Å². The summed E-state index contributed by atoms with van der Waals surface area (Å²) in [5.41, 5.74) is 1.11. The molecule has 4 rings (SSSR count). The molecule has 0 aliphatic rings. The summed E-state index contributed by atoms with van der Waals surface area (Å²) in [7, 11) is 1.58. The number of ether oxygens (including phenoxy) is 1. The van der Waals surface area contributed by atoms with Crippen molar-refractivity contribution in [1.82, 2.24) is 0 Å². The van der Waals surface area contributed by atoms with Gasteiger partial charge in [0.05, 0.1) is 0 Å². The van der Waals surface area contributed by atoms with Crippen molar-refractivity contribution in [2.45, 2.75) is 51.4 Å². The summed E-state index contributed by atoms with van der Waals surface area (Å²) in [6, 6.07) is 32.0. The van der Waals surface area contributed by atoms with Crippen LogP contribution in [0.4, 0.5) is 0 Å². The van der Waals surface area contributed by atoms with Gasteiger partial charge in [0.15, 0.2) is 0 Å². The van der Waals surface area contributed by atoms with Crippen molar-refractivity contribution in [1.29, 1.82) is 0 Å². The Balaban J connectivity index is 1.10. The van der Waals surface area contributed by atoms with Gasteiger partial charge in [-0.2, -0.15) is 0 Å². The van der Waals surface area contributed by atoms with Gasteiger partial charge in [-0.25, -0.2) is 0 Å². The maximum absolute atomic E-state index is 12.2. The molecule has 0 aliphatic heterocycles. The second kappa shape index (κ2) is 14.8. The molecule has 3 aromatic carbocycles. The molecule has 0 unspecified atom stereocenters. The zero-order valence-corrected chi connectivity index (χ0v) is 25.5. The average Bonchev–Trinajstić information content (AvgIpc) is 3.39. The Labute approximate surface area is 240 Å². The number of unbranched alkanes of at least 4 members (excludes halogenated alkanes) is 6. The maximum atomic E-state index is 12.2. The number of benzene rings is 3. The first-order valence-electron chi connectivity index (χ1n) is 13.6. The van der Waals surface area contributed by atoms with Crippen LogP contribution in [0.5, 0.6) is 5.75 Å². The summed E-state index contributed by atoms with van der Waals surface area (Å²) in [5, 5.41) is 3.06. The third-order valence-electron chi connectivity index (χ3n) is 7.21. The second-order valence-electron chi connectivity index (χ2n) is 10.0. The fourth-order valence-electron chi connectivity index (χ4n) is 4.94. The molecule has 200 valence electrons. The van der Waals surface area contributed by atoms with Crippen LogP contribution in [0.2, 0.25) is 0 Å². The summed E-state index contributed by atoms with van der Waals surface area (Å²) in [6.45, 7) is 2.52. The fraction of sp³-hybridized carbons (Fsp3) is 0.312. The van der Waals surface area contributed by atoms with Gasteiger partial charge in [0, 0.05) is 4.88 Å². The number of carbonyl (C=O) groups is 1. The topological polar surface area (TPSA) is 26.3 Å². The van der Waals surface area contributed by atoms with E-state index in [-0.39, 0.29) is 5.97 Å². The van der Waals surface area contributed by atoms with E-state index in [4.69, 9.17) is 17.0 Å². The Morgan fingerprint density at radius 2 is 1.29 bits per heavy atom. The van der Waals surface area contributed by atoms with Crippen molar-refractivity contribution in [2.24, 2.45) is 0 Å². The van der Waals surface area contributed by atoms with Crippen molar-refractivity contribution >= 4 is 56.7 Å². The Kier molecular flexibility index (Phi) is 11.3. The van der Waals surface area contributed by atoms with E-state index < -0.39 is 7.26 Å². The van der Waals surface area contributed by atoms with Gasteiger partial charge in [0.1, 0.15) is 3.82 Å². The number of esters is 1. The van der Waals surface area contributed by atoms with E-state index in [0.717, 1.165) is 27.1 Å². The van der Waals surface area contributed by atoms with E-state index in [1.165, 1.54) is 48.9 Å². The number of hydrogen-bond donors (Lipinski definition) is 0. The van der Waals surface area contributed by atoms with Gasteiger partial charge < -0.3 is 0 Å². The van der Waals surface area contributed by atoms with Crippen molar-refractivity contribution in [2.75, 3.05) is 12.8 Å². The van der Waals surface area contributed by atoms with Gasteiger partial charge in [0.25, 0.3) is 0 Å². The van der Waals surface area contributed by atoms with E-state index >= 15 is 0 Å². The molecule has 0 radical (unpaired) electrons. The predicted molar refractivity (Wildman–Crippen MR) is 172 cm³/mol. The van der Waals surface area contributed by atoms with Gasteiger partial charge in [-0.15, -0.1) is 0 Å². The van der Waals surface area contributed by atoms with Crippen molar-refractivity contribution in [3.05, 3.63) is 94.8 Å². The third kappa shape index (κ3) is 8.41. The van der Waals surface area contributed by atoms with Crippen LogP contribution in [0.25, 0.3) is 10.4 Å². The molecule has 1 heterocycles. The molecule has 0 fully saturated rings. The van der Waals surface area contributed by atoms with Crippen LogP contribution in [0.3, 0.4) is 0 Å². The summed E-state index contributed by atoms with van der Waals surface area (Å²) >= 11 is 5.21. The van der Waals surface area contributed by atoms with Gasteiger partial charge in [0.2, 0.25) is 0 Å². The summed E-state index contributed by atoms with van der Waals surface area (Å²) < 4.78 is 6.42. The predicted octanol–water partition coefficient (Wildman–Crippen LogP) is 9.26. The molecule has 0 bridgehead atoms. The first-order valence-corrected chi connectivity index (χ1v) is 18.8. The van der Waals surface area contributed by atoms with Crippen LogP contribution in [0.15, 0.2) is 91.0 Å². The molecule has 0 atom stereocenters. The second-order valence-corrected chi connectivity index (χ2v) is 17.3. The molecule has 0 amide bonds. The van der Waals surface area contributed by atoms with Gasteiger partial charge in [-0.3, -0.25) is 0 Å². The minimum absolute atomic E-state index is 0.144. The van der Waals surface area contributed by atoms with E-state index in [2.05, 4.69) is 67.3 Å². The zero-order chi connectivity index (χ0) is 26.6. The van der Waals surface area contributed by atoms with Crippen molar-refractivity contribution in [3.8, 4) is 16.2 Å².